The van der Waals surface area contributed by atoms with Crippen LogP contribution in [0.4, 0.5) is 0 Å². The van der Waals surface area contributed by atoms with Gasteiger partial charge in [-0.25, -0.2) is 0 Å². The minimum atomic E-state index is -0.0544. The highest BCUT2D eigenvalue weighted by atomic mass is 16.5. The van der Waals surface area contributed by atoms with Crippen molar-refractivity contribution in [3.05, 3.63) is 48.0 Å². The average Bonchev–Trinajstić information content (AvgIpc) is 3.21. The quantitative estimate of drug-likeness (QED) is 0.746. The van der Waals surface area contributed by atoms with Crippen molar-refractivity contribution in [2.75, 3.05) is 34.5 Å². The molecule has 1 saturated heterocycles. The van der Waals surface area contributed by atoms with Crippen molar-refractivity contribution < 1.29 is 23.7 Å². The van der Waals surface area contributed by atoms with Gasteiger partial charge in [-0.2, -0.15) is 0 Å². The van der Waals surface area contributed by atoms with Crippen molar-refractivity contribution in [3.63, 3.8) is 0 Å². The van der Waals surface area contributed by atoms with E-state index in [2.05, 4.69) is 0 Å². The molecular formula is C21H25NO5. The number of hydrogen-bond acceptors (Lipinski definition) is 5. The van der Waals surface area contributed by atoms with Crippen LogP contribution in [0.25, 0.3) is 0 Å². The van der Waals surface area contributed by atoms with E-state index < -0.39 is 0 Å². The summed E-state index contributed by atoms with van der Waals surface area (Å²) in [5.74, 6) is 2.57. The Kier molecular flexibility index (Phi) is 6.06. The molecule has 1 atom stereocenters. The molecule has 1 aliphatic heterocycles. The number of carbonyl (C=O) groups is 1. The first-order valence-electron chi connectivity index (χ1n) is 8.95. The number of hydrogen-bond donors (Lipinski definition) is 0. The highest BCUT2D eigenvalue weighted by molar-refractivity contribution is 5.79. The number of carbonyl (C=O) groups excluding carboxylic acids is 1. The van der Waals surface area contributed by atoms with Crippen molar-refractivity contribution >= 4 is 5.91 Å². The van der Waals surface area contributed by atoms with Crippen molar-refractivity contribution in [2.45, 2.75) is 18.9 Å². The van der Waals surface area contributed by atoms with Crippen LogP contribution in [0, 0.1) is 0 Å². The van der Waals surface area contributed by atoms with Gasteiger partial charge in [0, 0.05) is 18.2 Å². The Bertz CT molecular complexity index is 792. The van der Waals surface area contributed by atoms with Gasteiger partial charge in [0.25, 0.3) is 5.91 Å². The molecule has 0 bridgehead atoms. The van der Waals surface area contributed by atoms with E-state index >= 15 is 0 Å². The van der Waals surface area contributed by atoms with Gasteiger partial charge in [-0.3, -0.25) is 4.79 Å². The molecule has 1 heterocycles. The zero-order chi connectivity index (χ0) is 19.2. The standard InChI is InChI=1S/C21H25NO5/c1-24-15-10-11-16(20(13-15)26-3)17-7-6-12-22(17)21(23)14-27-19-9-5-4-8-18(19)25-2/h4-5,8-11,13,17H,6-7,12,14H2,1-3H3. The second kappa shape index (κ2) is 8.66. The van der Waals surface area contributed by atoms with Gasteiger partial charge >= 0.3 is 0 Å². The summed E-state index contributed by atoms with van der Waals surface area (Å²) in [6.07, 6.45) is 1.84. The Labute approximate surface area is 159 Å². The summed E-state index contributed by atoms with van der Waals surface area (Å²) in [5, 5.41) is 0. The van der Waals surface area contributed by atoms with E-state index in [1.165, 1.54) is 0 Å². The summed E-state index contributed by atoms with van der Waals surface area (Å²) in [6.45, 7) is 0.670. The minimum absolute atomic E-state index is 0.0281. The normalized spacial score (nSPS) is 16.1. The number of methoxy groups -OCH3 is 3. The van der Waals surface area contributed by atoms with E-state index in [1.807, 2.05) is 35.2 Å². The van der Waals surface area contributed by atoms with Crippen LogP contribution in [0.2, 0.25) is 0 Å². The highest BCUT2D eigenvalue weighted by Gasteiger charge is 2.32. The lowest BCUT2D eigenvalue weighted by atomic mass is 10.0. The van der Waals surface area contributed by atoms with Crippen LogP contribution in [0.3, 0.4) is 0 Å². The third-order valence-electron chi connectivity index (χ3n) is 4.79. The molecule has 1 aliphatic rings. The van der Waals surface area contributed by atoms with Gasteiger partial charge in [-0.05, 0) is 37.1 Å². The predicted molar refractivity (Wildman–Crippen MR) is 102 cm³/mol. The molecule has 0 aromatic heterocycles. The molecule has 0 aliphatic carbocycles. The summed E-state index contributed by atoms with van der Waals surface area (Å²) in [4.78, 5) is 14.7. The Morgan fingerprint density at radius 2 is 1.74 bits per heavy atom. The van der Waals surface area contributed by atoms with Crippen molar-refractivity contribution in [1.29, 1.82) is 0 Å². The van der Waals surface area contributed by atoms with Crippen LogP contribution in [-0.4, -0.2) is 45.3 Å². The summed E-state index contributed by atoms with van der Waals surface area (Å²) in [6, 6.07) is 13.0. The molecule has 27 heavy (non-hydrogen) atoms. The molecule has 0 spiro atoms. The predicted octanol–water partition coefficient (Wildman–Crippen LogP) is 3.45. The molecule has 0 radical (unpaired) electrons. The first-order valence-corrected chi connectivity index (χ1v) is 8.95. The molecule has 1 amide bonds. The number of amides is 1. The number of para-hydroxylation sites is 2. The number of nitrogens with zero attached hydrogens (tertiary/aromatic N) is 1. The lowest BCUT2D eigenvalue weighted by Crippen LogP contribution is -2.34. The van der Waals surface area contributed by atoms with E-state index in [1.54, 1.807) is 33.5 Å². The molecule has 6 nitrogen and oxygen atoms in total. The Balaban J connectivity index is 1.73. The number of rotatable bonds is 7. The van der Waals surface area contributed by atoms with E-state index in [0.717, 1.165) is 29.9 Å². The minimum Gasteiger partial charge on any atom is -0.497 e. The molecule has 2 aromatic carbocycles. The summed E-state index contributed by atoms with van der Waals surface area (Å²) >= 11 is 0. The lowest BCUT2D eigenvalue weighted by Gasteiger charge is -2.26. The van der Waals surface area contributed by atoms with Crippen LogP contribution in [0.1, 0.15) is 24.4 Å². The summed E-state index contributed by atoms with van der Waals surface area (Å²) in [7, 11) is 4.83. The highest BCUT2D eigenvalue weighted by Crippen LogP contribution is 2.38. The first kappa shape index (κ1) is 18.9. The van der Waals surface area contributed by atoms with E-state index in [4.69, 9.17) is 18.9 Å². The van der Waals surface area contributed by atoms with Gasteiger partial charge in [0.05, 0.1) is 27.4 Å². The fourth-order valence-electron chi connectivity index (χ4n) is 3.44. The van der Waals surface area contributed by atoms with Crippen molar-refractivity contribution in [2.24, 2.45) is 0 Å². The fourth-order valence-corrected chi connectivity index (χ4v) is 3.44. The van der Waals surface area contributed by atoms with Crippen LogP contribution in [-0.2, 0) is 4.79 Å². The Morgan fingerprint density at radius 1 is 1.00 bits per heavy atom. The molecule has 0 saturated carbocycles. The molecule has 1 unspecified atom stereocenters. The van der Waals surface area contributed by atoms with Gasteiger partial charge < -0.3 is 23.8 Å². The molecule has 1 fully saturated rings. The second-order valence-electron chi connectivity index (χ2n) is 6.29. The molecule has 3 rings (SSSR count). The van der Waals surface area contributed by atoms with Crippen LogP contribution in [0.5, 0.6) is 23.0 Å². The summed E-state index contributed by atoms with van der Waals surface area (Å²) in [5.41, 5.74) is 0.987. The van der Waals surface area contributed by atoms with E-state index in [0.29, 0.717) is 18.0 Å². The van der Waals surface area contributed by atoms with Gasteiger partial charge in [-0.15, -0.1) is 0 Å². The third-order valence-corrected chi connectivity index (χ3v) is 4.79. The largest absolute Gasteiger partial charge is 0.497 e. The number of likely N-dealkylation sites (tertiary alicyclic amines) is 1. The van der Waals surface area contributed by atoms with Gasteiger partial charge in [0.15, 0.2) is 18.1 Å². The molecule has 6 heteroatoms. The van der Waals surface area contributed by atoms with Crippen molar-refractivity contribution in [3.8, 4) is 23.0 Å². The zero-order valence-electron chi connectivity index (χ0n) is 15.9. The van der Waals surface area contributed by atoms with E-state index in [-0.39, 0.29) is 18.6 Å². The monoisotopic (exact) mass is 371 g/mol. The smallest absolute Gasteiger partial charge is 0.261 e. The maximum atomic E-state index is 12.8. The molecule has 144 valence electrons. The number of ether oxygens (including phenoxy) is 4. The Morgan fingerprint density at radius 3 is 2.44 bits per heavy atom. The maximum Gasteiger partial charge on any atom is 0.261 e. The van der Waals surface area contributed by atoms with Crippen LogP contribution >= 0.6 is 0 Å². The van der Waals surface area contributed by atoms with Gasteiger partial charge in [0.1, 0.15) is 11.5 Å². The van der Waals surface area contributed by atoms with Crippen LogP contribution < -0.4 is 18.9 Å². The van der Waals surface area contributed by atoms with E-state index in [9.17, 15) is 4.79 Å². The third kappa shape index (κ3) is 4.10. The maximum absolute atomic E-state index is 12.8. The Hall–Kier alpha value is -2.89. The molecule has 0 N–H and O–H groups in total. The molecule has 2 aromatic rings. The van der Waals surface area contributed by atoms with Gasteiger partial charge in [0.2, 0.25) is 0 Å². The van der Waals surface area contributed by atoms with Gasteiger partial charge in [-0.1, -0.05) is 12.1 Å². The second-order valence-corrected chi connectivity index (χ2v) is 6.29. The zero-order valence-corrected chi connectivity index (χ0v) is 15.9. The fraction of sp³-hybridized carbons (Fsp3) is 0.381. The lowest BCUT2D eigenvalue weighted by molar-refractivity contribution is -0.134. The first-order chi connectivity index (χ1) is 13.2. The van der Waals surface area contributed by atoms with Crippen LogP contribution in [0.15, 0.2) is 42.5 Å². The van der Waals surface area contributed by atoms with Crippen molar-refractivity contribution in [1.82, 2.24) is 4.90 Å². The topological polar surface area (TPSA) is 57.2 Å². The summed E-state index contributed by atoms with van der Waals surface area (Å²) < 4.78 is 21.8. The number of benzene rings is 2. The average molecular weight is 371 g/mol. The molecular weight excluding hydrogens is 346 g/mol. The SMILES string of the molecule is COc1ccc(C2CCCN2C(=O)COc2ccccc2OC)c(OC)c1.